The molecule has 0 aromatic heterocycles. The second kappa shape index (κ2) is 7.10. The van der Waals surface area contributed by atoms with E-state index in [4.69, 9.17) is 9.47 Å². The van der Waals surface area contributed by atoms with Gasteiger partial charge in [-0.25, -0.2) is 4.21 Å². The van der Waals surface area contributed by atoms with Crippen LogP contribution in [0.4, 0.5) is 0 Å². The lowest BCUT2D eigenvalue weighted by Crippen LogP contribution is -1.97. The molecule has 2 aromatic carbocycles. The van der Waals surface area contributed by atoms with Crippen molar-refractivity contribution in [1.29, 1.82) is 0 Å². The van der Waals surface area contributed by atoms with Crippen LogP contribution < -0.4 is 9.47 Å². The maximum absolute atomic E-state index is 12.6. The van der Waals surface area contributed by atoms with E-state index in [-0.39, 0.29) is 0 Å². The molecule has 0 atom stereocenters. The summed E-state index contributed by atoms with van der Waals surface area (Å²) < 4.78 is 23.4. The summed E-state index contributed by atoms with van der Waals surface area (Å²) in [7, 11) is -1.23. The first-order valence-corrected chi connectivity index (χ1v) is 7.77. The standard InChI is InChI=1S/C16H18O3S/c1-3-18-13-7-5-9-15(11-13)20(17)16-10-6-8-14(12-16)19-4-2/h5-12H,3-4H2,1-2H3. The molecule has 0 aliphatic rings. The predicted octanol–water partition coefficient (Wildman–Crippen LogP) is 3.65. The number of ether oxygens (including phenoxy) is 2. The van der Waals surface area contributed by atoms with E-state index in [0.29, 0.717) is 13.2 Å². The lowest BCUT2D eigenvalue weighted by molar-refractivity contribution is 0.339. The Morgan fingerprint density at radius 2 is 1.30 bits per heavy atom. The molecule has 2 rings (SSSR count). The zero-order valence-corrected chi connectivity index (χ0v) is 12.5. The Morgan fingerprint density at radius 1 is 0.850 bits per heavy atom. The molecule has 0 heterocycles. The molecule has 20 heavy (non-hydrogen) atoms. The van der Waals surface area contributed by atoms with Gasteiger partial charge >= 0.3 is 0 Å². The van der Waals surface area contributed by atoms with Gasteiger partial charge in [0, 0.05) is 9.79 Å². The summed E-state index contributed by atoms with van der Waals surface area (Å²) in [4.78, 5) is 1.45. The highest BCUT2D eigenvalue weighted by atomic mass is 32.2. The van der Waals surface area contributed by atoms with Gasteiger partial charge in [0.15, 0.2) is 0 Å². The highest BCUT2D eigenvalue weighted by Gasteiger charge is 2.09. The fourth-order valence-corrected chi connectivity index (χ4v) is 2.95. The van der Waals surface area contributed by atoms with Crippen LogP contribution in [-0.2, 0) is 10.8 Å². The first-order chi connectivity index (χ1) is 9.74. The van der Waals surface area contributed by atoms with Gasteiger partial charge < -0.3 is 9.47 Å². The van der Waals surface area contributed by atoms with Gasteiger partial charge in [-0.15, -0.1) is 0 Å². The molecule has 0 aliphatic heterocycles. The molecule has 0 saturated carbocycles. The van der Waals surface area contributed by atoms with Gasteiger partial charge in [-0.3, -0.25) is 0 Å². The van der Waals surface area contributed by atoms with Gasteiger partial charge in [0.1, 0.15) is 11.5 Å². The second-order valence-corrected chi connectivity index (χ2v) is 5.56. The lowest BCUT2D eigenvalue weighted by atomic mass is 10.3. The smallest absolute Gasteiger partial charge is 0.120 e. The van der Waals surface area contributed by atoms with Crippen molar-refractivity contribution >= 4 is 10.8 Å². The highest BCUT2D eigenvalue weighted by Crippen LogP contribution is 2.23. The molecule has 106 valence electrons. The summed E-state index contributed by atoms with van der Waals surface area (Å²) in [6.07, 6.45) is 0. The van der Waals surface area contributed by atoms with Crippen LogP contribution in [0.2, 0.25) is 0 Å². The Morgan fingerprint density at radius 3 is 1.70 bits per heavy atom. The fraction of sp³-hybridized carbons (Fsp3) is 0.250. The maximum Gasteiger partial charge on any atom is 0.120 e. The van der Waals surface area contributed by atoms with Crippen LogP contribution in [0.25, 0.3) is 0 Å². The quantitative estimate of drug-likeness (QED) is 0.814. The van der Waals surface area contributed by atoms with Gasteiger partial charge in [0.2, 0.25) is 0 Å². The predicted molar refractivity (Wildman–Crippen MR) is 79.9 cm³/mol. The molecule has 4 heteroatoms. The monoisotopic (exact) mass is 290 g/mol. The topological polar surface area (TPSA) is 35.5 Å². The molecule has 0 amide bonds. The van der Waals surface area contributed by atoms with Crippen LogP contribution >= 0.6 is 0 Å². The Bertz CT molecular complexity index is 544. The summed E-state index contributed by atoms with van der Waals surface area (Å²) in [6.45, 7) is 5.04. The Hall–Kier alpha value is -1.81. The van der Waals surface area contributed by atoms with Crippen LogP contribution in [-0.4, -0.2) is 17.4 Å². The largest absolute Gasteiger partial charge is 0.494 e. The van der Waals surface area contributed by atoms with Crippen molar-refractivity contribution in [3.8, 4) is 11.5 Å². The molecular formula is C16H18O3S. The van der Waals surface area contributed by atoms with Crippen LogP contribution in [0.5, 0.6) is 11.5 Å². The van der Waals surface area contributed by atoms with Crippen LogP contribution in [0.15, 0.2) is 58.3 Å². The minimum absolute atomic E-state index is 0.593. The molecule has 3 nitrogen and oxygen atoms in total. The zero-order chi connectivity index (χ0) is 14.4. The molecule has 0 unspecified atom stereocenters. The van der Waals surface area contributed by atoms with Gasteiger partial charge in [-0.2, -0.15) is 0 Å². The van der Waals surface area contributed by atoms with Crippen molar-refractivity contribution in [2.75, 3.05) is 13.2 Å². The van der Waals surface area contributed by atoms with E-state index in [1.165, 1.54) is 0 Å². The van der Waals surface area contributed by atoms with E-state index in [1.54, 1.807) is 0 Å². The van der Waals surface area contributed by atoms with E-state index in [2.05, 4.69) is 0 Å². The number of benzene rings is 2. The molecule has 2 aromatic rings. The summed E-state index contributed by atoms with van der Waals surface area (Å²) in [5, 5.41) is 0. The molecule has 0 saturated heterocycles. The van der Waals surface area contributed by atoms with Gasteiger partial charge in [-0.05, 0) is 50.2 Å². The number of hydrogen-bond acceptors (Lipinski definition) is 3. The lowest BCUT2D eigenvalue weighted by Gasteiger charge is -2.08. The third-order valence-corrected chi connectivity index (χ3v) is 4.03. The Balaban J connectivity index is 2.26. The molecular weight excluding hydrogens is 272 g/mol. The molecule has 0 N–H and O–H groups in total. The SMILES string of the molecule is CCOc1cccc(S(=O)c2cccc(OCC)c2)c1. The minimum Gasteiger partial charge on any atom is -0.494 e. The van der Waals surface area contributed by atoms with Crippen molar-refractivity contribution < 1.29 is 13.7 Å². The van der Waals surface area contributed by atoms with Crippen molar-refractivity contribution in [2.45, 2.75) is 23.6 Å². The van der Waals surface area contributed by atoms with Crippen molar-refractivity contribution in [2.24, 2.45) is 0 Å². The fourth-order valence-electron chi connectivity index (χ4n) is 1.83. The third kappa shape index (κ3) is 3.61. The molecule has 0 fully saturated rings. The summed E-state index contributed by atoms with van der Waals surface area (Å²) in [6, 6.07) is 14.7. The highest BCUT2D eigenvalue weighted by molar-refractivity contribution is 7.85. The molecule has 0 bridgehead atoms. The van der Waals surface area contributed by atoms with Gasteiger partial charge in [0.25, 0.3) is 0 Å². The second-order valence-electron chi connectivity index (χ2n) is 4.08. The summed E-state index contributed by atoms with van der Waals surface area (Å²) >= 11 is 0. The first-order valence-electron chi connectivity index (χ1n) is 6.62. The number of hydrogen-bond donors (Lipinski definition) is 0. The van der Waals surface area contributed by atoms with Crippen molar-refractivity contribution in [1.82, 2.24) is 0 Å². The van der Waals surface area contributed by atoms with Crippen LogP contribution in [0, 0.1) is 0 Å². The maximum atomic E-state index is 12.6. The van der Waals surface area contributed by atoms with Crippen molar-refractivity contribution in [3.63, 3.8) is 0 Å². The van der Waals surface area contributed by atoms with Crippen LogP contribution in [0.1, 0.15) is 13.8 Å². The molecule has 0 spiro atoms. The number of rotatable bonds is 6. The van der Waals surface area contributed by atoms with Gasteiger partial charge in [-0.1, -0.05) is 12.1 Å². The normalized spacial score (nSPS) is 10.6. The van der Waals surface area contributed by atoms with E-state index < -0.39 is 10.8 Å². The van der Waals surface area contributed by atoms with E-state index >= 15 is 0 Å². The van der Waals surface area contributed by atoms with Crippen LogP contribution in [0.3, 0.4) is 0 Å². The zero-order valence-electron chi connectivity index (χ0n) is 11.7. The summed E-state index contributed by atoms with van der Waals surface area (Å²) in [5.74, 6) is 1.47. The molecule has 0 radical (unpaired) electrons. The van der Waals surface area contributed by atoms with E-state index in [9.17, 15) is 4.21 Å². The average Bonchev–Trinajstić information content (AvgIpc) is 2.48. The third-order valence-electron chi connectivity index (χ3n) is 2.66. The van der Waals surface area contributed by atoms with Crippen molar-refractivity contribution in [3.05, 3.63) is 48.5 Å². The first kappa shape index (κ1) is 14.6. The minimum atomic E-state index is -1.23. The molecule has 0 aliphatic carbocycles. The van der Waals surface area contributed by atoms with E-state index in [0.717, 1.165) is 21.3 Å². The van der Waals surface area contributed by atoms with Gasteiger partial charge in [0.05, 0.1) is 24.0 Å². The Kier molecular flexibility index (Phi) is 5.18. The average molecular weight is 290 g/mol. The van der Waals surface area contributed by atoms with E-state index in [1.807, 2.05) is 62.4 Å². The summed E-state index contributed by atoms with van der Waals surface area (Å²) in [5.41, 5.74) is 0. The Labute approximate surface area is 122 Å².